The topological polar surface area (TPSA) is 83.5 Å². The molecule has 0 aliphatic heterocycles. The standard InChI is InChI=1S/C14H21NO4S/c1-10(2)12-4-6-13(7-5-12)20(18,19)15-9-11(3)8-14(16)17/h4-7,10-11,15H,8-9H2,1-3H3,(H,16,17). The number of carbonyl (C=O) groups is 1. The van der Waals surface area contributed by atoms with Crippen LogP contribution in [0.5, 0.6) is 0 Å². The van der Waals surface area contributed by atoms with Gasteiger partial charge in [0.1, 0.15) is 0 Å². The molecule has 20 heavy (non-hydrogen) atoms. The van der Waals surface area contributed by atoms with Crippen LogP contribution in [-0.4, -0.2) is 26.0 Å². The summed E-state index contributed by atoms with van der Waals surface area (Å²) in [6.45, 7) is 5.88. The Kier molecular flexibility index (Phi) is 5.71. The molecule has 5 nitrogen and oxygen atoms in total. The largest absolute Gasteiger partial charge is 0.481 e. The van der Waals surface area contributed by atoms with E-state index < -0.39 is 16.0 Å². The number of hydrogen-bond acceptors (Lipinski definition) is 3. The highest BCUT2D eigenvalue weighted by molar-refractivity contribution is 7.89. The van der Waals surface area contributed by atoms with Crippen molar-refractivity contribution in [2.75, 3.05) is 6.54 Å². The SMILES string of the molecule is CC(CNS(=O)(=O)c1ccc(C(C)C)cc1)CC(=O)O. The summed E-state index contributed by atoms with van der Waals surface area (Å²) in [6.07, 6.45) is -0.0607. The lowest BCUT2D eigenvalue weighted by Crippen LogP contribution is -2.29. The van der Waals surface area contributed by atoms with Crippen LogP contribution in [-0.2, 0) is 14.8 Å². The molecule has 0 heterocycles. The molecule has 112 valence electrons. The lowest BCUT2D eigenvalue weighted by atomic mass is 10.0. The molecule has 0 fully saturated rings. The summed E-state index contributed by atoms with van der Waals surface area (Å²) in [5, 5.41) is 8.64. The van der Waals surface area contributed by atoms with Crippen LogP contribution in [0.2, 0.25) is 0 Å². The normalized spacial score (nSPS) is 13.4. The fraction of sp³-hybridized carbons (Fsp3) is 0.500. The predicted molar refractivity (Wildman–Crippen MR) is 77.1 cm³/mol. The molecule has 1 atom stereocenters. The van der Waals surface area contributed by atoms with Crippen LogP contribution in [0, 0.1) is 5.92 Å². The first kappa shape index (κ1) is 16.7. The Labute approximate surface area is 120 Å². The minimum atomic E-state index is -3.58. The molecular weight excluding hydrogens is 278 g/mol. The maximum atomic E-state index is 12.0. The number of hydrogen-bond donors (Lipinski definition) is 2. The molecule has 0 aromatic heterocycles. The van der Waals surface area contributed by atoms with Gasteiger partial charge in [0.25, 0.3) is 0 Å². The first-order valence-corrected chi connectivity index (χ1v) is 8.02. The van der Waals surface area contributed by atoms with Gasteiger partial charge in [-0.05, 0) is 29.5 Å². The van der Waals surface area contributed by atoms with Crippen molar-refractivity contribution in [1.29, 1.82) is 0 Å². The van der Waals surface area contributed by atoms with Crippen molar-refractivity contribution in [2.45, 2.75) is 38.0 Å². The molecule has 0 bridgehead atoms. The number of carboxylic acids is 1. The number of aliphatic carboxylic acids is 1. The first-order chi connectivity index (χ1) is 9.22. The van der Waals surface area contributed by atoms with Crippen molar-refractivity contribution < 1.29 is 18.3 Å². The second-order valence-corrected chi connectivity index (χ2v) is 7.05. The van der Waals surface area contributed by atoms with E-state index in [1.807, 2.05) is 13.8 Å². The molecule has 0 aliphatic carbocycles. The van der Waals surface area contributed by atoms with Gasteiger partial charge in [0, 0.05) is 13.0 Å². The van der Waals surface area contributed by atoms with Gasteiger partial charge in [-0.25, -0.2) is 13.1 Å². The average molecular weight is 299 g/mol. The van der Waals surface area contributed by atoms with Crippen LogP contribution in [0.3, 0.4) is 0 Å². The second-order valence-electron chi connectivity index (χ2n) is 5.28. The van der Waals surface area contributed by atoms with Crippen LogP contribution in [0.1, 0.15) is 38.7 Å². The van der Waals surface area contributed by atoms with Crippen molar-refractivity contribution in [3.8, 4) is 0 Å². The summed E-state index contributed by atoms with van der Waals surface area (Å²) >= 11 is 0. The third-order valence-electron chi connectivity index (χ3n) is 3.00. The molecular formula is C14H21NO4S. The van der Waals surface area contributed by atoms with Crippen LogP contribution in [0.15, 0.2) is 29.2 Å². The molecule has 1 unspecified atom stereocenters. The summed E-state index contributed by atoms with van der Waals surface area (Å²) in [4.78, 5) is 10.7. The van der Waals surface area contributed by atoms with E-state index in [9.17, 15) is 13.2 Å². The maximum absolute atomic E-state index is 12.0. The fourth-order valence-electron chi connectivity index (χ4n) is 1.74. The van der Waals surface area contributed by atoms with Crippen molar-refractivity contribution in [1.82, 2.24) is 4.72 Å². The first-order valence-electron chi connectivity index (χ1n) is 6.54. The number of sulfonamides is 1. The van der Waals surface area contributed by atoms with Crippen LogP contribution < -0.4 is 4.72 Å². The molecule has 1 rings (SSSR count). The summed E-state index contributed by atoms with van der Waals surface area (Å²) < 4.78 is 26.5. The van der Waals surface area contributed by atoms with Crippen molar-refractivity contribution in [3.63, 3.8) is 0 Å². The van der Waals surface area contributed by atoms with Gasteiger partial charge in [-0.2, -0.15) is 0 Å². The molecule has 1 aromatic rings. The van der Waals surface area contributed by atoms with E-state index in [2.05, 4.69) is 4.72 Å². The highest BCUT2D eigenvalue weighted by atomic mass is 32.2. The molecule has 6 heteroatoms. The Hall–Kier alpha value is -1.40. The van der Waals surface area contributed by atoms with Gasteiger partial charge in [0.05, 0.1) is 4.90 Å². The molecule has 0 aliphatic rings. The third kappa shape index (κ3) is 4.94. The summed E-state index contributed by atoms with van der Waals surface area (Å²) in [6, 6.07) is 6.72. The minimum Gasteiger partial charge on any atom is -0.481 e. The summed E-state index contributed by atoms with van der Waals surface area (Å²) in [5.74, 6) is -0.842. The molecule has 0 amide bonds. The fourth-order valence-corrected chi connectivity index (χ4v) is 2.90. The lowest BCUT2D eigenvalue weighted by Gasteiger charge is -2.12. The molecule has 0 saturated carbocycles. The molecule has 0 radical (unpaired) electrons. The molecule has 2 N–H and O–H groups in total. The summed E-state index contributed by atoms with van der Waals surface area (Å²) in [7, 11) is -3.58. The smallest absolute Gasteiger partial charge is 0.303 e. The van der Waals surface area contributed by atoms with Crippen LogP contribution in [0.25, 0.3) is 0 Å². The van der Waals surface area contributed by atoms with Crippen LogP contribution >= 0.6 is 0 Å². The van der Waals surface area contributed by atoms with E-state index in [-0.39, 0.29) is 23.8 Å². The van der Waals surface area contributed by atoms with E-state index in [1.165, 1.54) is 0 Å². The van der Waals surface area contributed by atoms with E-state index in [1.54, 1.807) is 31.2 Å². The Morgan fingerprint density at radius 2 is 1.75 bits per heavy atom. The van der Waals surface area contributed by atoms with E-state index >= 15 is 0 Å². The monoisotopic (exact) mass is 299 g/mol. The Bertz CT molecular complexity index is 549. The highest BCUT2D eigenvalue weighted by Gasteiger charge is 2.16. The molecule has 0 spiro atoms. The molecule has 0 saturated heterocycles. The van der Waals surface area contributed by atoms with Gasteiger partial charge in [0.2, 0.25) is 10.0 Å². The number of nitrogens with one attached hydrogen (secondary N) is 1. The van der Waals surface area contributed by atoms with E-state index in [4.69, 9.17) is 5.11 Å². The minimum absolute atomic E-state index is 0.0607. The number of carboxylic acid groups (broad SMARTS) is 1. The van der Waals surface area contributed by atoms with Gasteiger partial charge >= 0.3 is 5.97 Å². The van der Waals surface area contributed by atoms with Crippen molar-refractivity contribution in [2.24, 2.45) is 5.92 Å². The Morgan fingerprint density at radius 1 is 1.20 bits per heavy atom. The maximum Gasteiger partial charge on any atom is 0.303 e. The molecule has 1 aromatic carbocycles. The quantitative estimate of drug-likeness (QED) is 0.808. The Balaban J connectivity index is 2.71. The van der Waals surface area contributed by atoms with Gasteiger partial charge in [-0.3, -0.25) is 4.79 Å². The lowest BCUT2D eigenvalue weighted by molar-refractivity contribution is -0.137. The van der Waals surface area contributed by atoms with Gasteiger partial charge in [-0.15, -0.1) is 0 Å². The zero-order valence-electron chi connectivity index (χ0n) is 12.0. The average Bonchev–Trinajstić information content (AvgIpc) is 2.36. The van der Waals surface area contributed by atoms with Gasteiger partial charge in [0.15, 0.2) is 0 Å². The number of rotatable bonds is 7. The zero-order valence-corrected chi connectivity index (χ0v) is 12.8. The van der Waals surface area contributed by atoms with Crippen molar-refractivity contribution >= 4 is 16.0 Å². The highest BCUT2D eigenvalue weighted by Crippen LogP contribution is 2.17. The van der Waals surface area contributed by atoms with Gasteiger partial charge < -0.3 is 5.11 Å². The van der Waals surface area contributed by atoms with E-state index in [0.29, 0.717) is 5.92 Å². The predicted octanol–water partition coefficient (Wildman–Crippen LogP) is 2.20. The zero-order chi connectivity index (χ0) is 15.3. The third-order valence-corrected chi connectivity index (χ3v) is 4.44. The Morgan fingerprint density at radius 3 is 2.20 bits per heavy atom. The van der Waals surface area contributed by atoms with Crippen molar-refractivity contribution in [3.05, 3.63) is 29.8 Å². The number of benzene rings is 1. The van der Waals surface area contributed by atoms with E-state index in [0.717, 1.165) is 5.56 Å². The summed E-state index contributed by atoms with van der Waals surface area (Å²) in [5.41, 5.74) is 1.07. The van der Waals surface area contributed by atoms with Gasteiger partial charge in [-0.1, -0.05) is 32.9 Å². The second kappa shape index (κ2) is 6.85. The van der Waals surface area contributed by atoms with Crippen LogP contribution in [0.4, 0.5) is 0 Å².